The van der Waals surface area contributed by atoms with Gasteiger partial charge in [-0.15, -0.1) is 11.3 Å². The summed E-state index contributed by atoms with van der Waals surface area (Å²) < 4.78 is 8.10. The maximum Gasteiger partial charge on any atom is 0.228 e. The Kier molecular flexibility index (Phi) is 5.59. The zero-order valence-electron chi connectivity index (χ0n) is 15.5. The van der Waals surface area contributed by atoms with E-state index in [1.165, 1.54) is 22.7 Å². The van der Waals surface area contributed by atoms with E-state index in [1.54, 1.807) is 0 Å². The van der Waals surface area contributed by atoms with Crippen LogP contribution in [0.1, 0.15) is 44.5 Å². The van der Waals surface area contributed by atoms with E-state index in [-0.39, 0.29) is 11.8 Å². The number of aryl methyl sites for hydroxylation is 1. The van der Waals surface area contributed by atoms with Gasteiger partial charge < -0.3 is 14.6 Å². The molecule has 0 aromatic carbocycles. The Hall–Kier alpha value is -1.66. The van der Waals surface area contributed by atoms with Crippen molar-refractivity contribution in [1.82, 2.24) is 9.55 Å². The number of ether oxygens (including phenoxy) is 1. The third-order valence-electron chi connectivity index (χ3n) is 5.05. The predicted molar refractivity (Wildman–Crippen MR) is 102 cm³/mol. The topological polar surface area (TPSA) is 56.2 Å². The second-order valence-electron chi connectivity index (χ2n) is 6.87. The summed E-state index contributed by atoms with van der Waals surface area (Å²) in [6, 6.07) is 2.18. The molecule has 0 radical (unpaired) electrons. The molecule has 1 fully saturated rings. The summed E-state index contributed by atoms with van der Waals surface area (Å²) in [5, 5.41) is 5.61. The Balaban J connectivity index is 1.77. The van der Waals surface area contributed by atoms with Crippen molar-refractivity contribution in [2.45, 2.75) is 59.6 Å². The molecule has 25 heavy (non-hydrogen) atoms. The number of carbonyl (C=O) groups excluding carboxylic acids is 1. The highest BCUT2D eigenvalue weighted by Crippen LogP contribution is 2.31. The van der Waals surface area contributed by atoms with Crippen LogP contribution in [-0.2, 0) is 16.1 Å². The largest absolute Gasteiger partial charge is 0.376 e. The SMILES string of the molecule is CC[C@@H](C)C(=O)Nc1nc(-c2cc(C)n(C[C@H]3CCCO3)c2C)cs1. The average Bonchev–Trinajstić information content (AvgIpc) is 3.32. The van der Waals surface area contributed by atoms with Gasteiger partial charge in [0.15, 0.2) is 5.13 Å². The minimum atomic E-state index is 0.00354. The van der Waals surface area contributed by atoms with Crippen molar-refractivity contribution < 1.29 is 9.53 Å². The first kappa shape index (κ1) is 18.1. The fourth-order valence-electron chi connectivity index (χ4n) is 3.20. The van der Waals surface area contributed by atoms with Crippen molar-refractivity contribution in [3.05, 3.63) is 22.8 Å². The second-order valence-corrected chi connectivity index (χ2v) is 7.72. The number of nitrogens with zero attached hydrogens (tertiary/aromatic N) is 2. The number of anilines is 1. The van der Waals surface area contributed by atoms with Crippen LogP contribution in [0.25, 0.3) is 11.3 Å². The molecule has 1 aliphatic heterocycles. The molecule has 1 saturated heterocycles. The first-order valence-electron chi connectivity index (χ1n) is 9.04. The molecule has 6 heteroatoms. The van der Waals surface area contributed by atoms with E-state index >= 15 is 0 Å². The van der Waals surface area contributed by atoms with E-state index < -0.39 is 0 Å². The molecule has 1 amide bonds. The van der Waals surface area contributed by atoms with Gasteiger partial charge in [-0.3, -0.25) is 4.79 Å². The van der Waals surface area contributed by atoms with Crippen molar-refractivity contribution in [3.8, 4) is 11.3 Å². The van der Waals surface area contributed by atoms with Crippen LogP contribution < -0.4 is 5.32 Å². The van der Waals surface area contributed by atoms with Crippen LogP contribution in [0, 0.1) is 19.8 Å². The molecule has 0 aliphatic carbocycles. The van der Waals surface area contributed by atoms with Crippen molar-refractivity contribution >= 4 is 22.4 Å². The second kappa shape index (κ2) is 7.70. The summed E-state index contributed by atoms with van der Waals surface area (Å²) in [6.07, 6.45) is 3.43. The van der Waals surface area contributed by atoms with Crippen LogP contribution in [0.5, 0.6) is 0 Å². The lowest BCUT2D eigenvalue weighted by Gasteiger charge is -2.14. The average molecular weight is 362 g/mol. The van der Waals surface area contributed by atoms with E-state index in [0.717, 1.165) is 43.7 Å². The van der Waals surface area contributed by atoms with Crippen molar-refractivity contribution in [3.63, 3.8) is 0 Å². The van der Waals surface area contributed by atoms with E-state index in [0.29, 0.717) is 11.2 Å². The van der Waals surface area contributed by atoms with Crippen LogP contribution in [0.2, 0.25) is 0 Å². The Morgan fingerprint density at radius 3 is 3.00 bits per heavy atom. The lowest BCUT2D eigenvalue weighted by atomic mass is 10.1. The molecule has 136 valence electrons. The molecule has 0 bridgehead atoms. The highest BCUT2D eigenvalue weighted by Gasteiger charge is 2.20. The maximum absolute atomic E-state index is 12.0. The molecular weight excluding hydrogens is 334 g/mol. The number of nitrogens with one attached hydrogen (secondary N) is 1. The van der Waals surface area contributed by atoms with Gasteiger partial charge in [-0.05, 0) is 39.2 Å². The summed E-state index contributed by atoms with van der Waals surface area (Å²) in [4.78, 5) is 16.7. The zero-order chi connectivity index (χ0) is 18.0. The van der Waals surface area contributed by atoms with E-state index in [9.17, 15) is 4.79 Å². The van der Waals surface area contributed by atoms with Gasteiger partial charge in [0.2, 0.25) is 5.91 Å². The molecule has 1 N–H and O–H groups in total. The van der Waals surface area contributed by atoms with Gasteiger partial charge in [0, 0.05) is 41.4 Å². The molecule has 2 atom stereocenters. The van der Waals surface area contributed by atoms with Gasteiger partial charge in [-0.2, -0.15) is 0 Å². The molecule has 3 heterocycles. The first-order chi connectivity index (χ1) is 12.0. The van der Waals surface area contributed by atoms with Gasteiger partial charge in [0.25, 0.3) is 0 Å². The lowest BCUT2D eigenvalue weighted by molar-refractivity contribution is -0.119. The molecule has 2 aromatic heterocycles. The number of aromatic nitrogens is 2. The van der Waals surface area contributed by atoms with Crippen molar-refractivity contribution in [2.75, 3.05) is 11.9 Å². The molecule has 5 nitrogen and oxygen atoms in total. The minimum absolute atomic E-state index is 0.00354. The van der Waals surface area contributed by atoms with Gasteiger partial charge in [0.05, 0.1) is 11.8 Å². The van der Waals surface area contributed by atoms with E-state index in [4.69, 9.17) is 4.74 Å². The standard InChI is InChI=1S/C19H27N3O2S/c1-5-12(2)18(23)21-19-20-17(11-25-19)16-9-13(3)22(14(16)4)10-15-7-6-8-24-15/h9,11-12,15H,5-8,10H2,1-4H3,(H,20,21,23)/t12-,15-/m1/s1. The first-order valence-corrected chi connectivity index (χ1v) is 9.92. The number of hydrogen-bond donors (Lipinski definition) is 1. The van der Waals surface area contributed by atoms with Crippen LogP contribution >= 0.6 is 11.3 Å². The molecule has 0 saturated carbocycles. The van der Waals surface area contributed by atoms with Crippen LogP contribution in [0.15, 0.2) is 11.4 Å². The number of rotatable bonds is 6. The Morgan fingerprint density at radius 2 is 2.32 bits per heavy atom. The highest BCUT2D eigenvalue weighted by molar-refractivity contribution is 7.14. The normalized spacial score (nSPS) is 18.5. The summed E-state index contributed by atoms with van der Waals surface area (Å²) in [5.74, 6) is 0.0380. The van der Waals surface area contributed by atoms with Gasteiger partial charge in [0.1, 0.15) is 0 Å². The number of amides is 1. The Bertz CT molecular complexity index is 744. The summed E-state index contributed by atoms with van der Waals surface area (Å²) in [6.45, 7) is 9.99. The maximum atomic E-state index is 12.0. The summed E-state index contributed by atoms with van der Waals surface area (Å²) >= 11 is 1.48. The Morgan fingerprint density at radius 1 is 1.52 bits per heavy atom. The monoisotopic (exact) mass is 361 g/mol. The summed E-state index contributed by atoms with van der Waals surface area (Å²) in [5.41, 5.74) is 4.49. The van der Waals surface area contributed by atoms with Crippen molar-refractivity contribution in [2.24, 2.45) is 5.92 Å². The van der Waals surface area contributed by atoms with Gasteiger partial charge >= 0.3 is 0 Å². The van der Waals surface area contributed by atoms with Gasteiger partial charge in [-0.1, -0.05) is 13.8 Å². The van der Waals surface area contributed by atoms with Crippen molar-refractivity contribution in [1.29, 1.82) is 0 Å². The lowest BCUT2D eigenvalue weighted by Crippen LogP contribution is -2.19. The third-order valence-corrected chi connectivity index (χ3v) is 5.81. The van der Waals surface area contributed by atoms with E-state index in [2.05, 4.69) is 34.8 Å². The van der Waals surface area contributed by atoms with Crippen LogP contribution in [0.3, 0.4) is 0 Å². The van der Waals surface area contributed by atoms with Gasteiger partial charge in [-0.25, -0.2) is 4.98 Å². The predicted octanol–water partition coefficient (Wildman–Crippen LogP) is 4.39. The Labute approximate surface area is 153 Å². The zero-order valence-corrected chi connectivity index (χ0v) is 16.3. The smallest absolute Gasteiger partial charge is 0.228 e. The minimum Gasteiger partial charge on any atom is -0.376 e. The number of carbonyl (C=O) groups is 1. The summed E-state index contributed by atoms with van der Waals surface area (Å²) in [7, 11) is 0. The fraction of sp³-hybridized carbons (Fsp3) is 0.579. The molecule has 2 aromatic rings. The molecule has 1 aliphatic rings. The molecule has 3 rings (SSSR count). The van der Waals surface area contributed by atoms with Crippen LogP contribution in [-0.4, -0.2) is 28.2 Å². The quantitative estimate of drug-likeness (QED) is 0.830. The molecule has 0 spiro atoms. The third kappa shape index (κ3) is 3.96. The number of hydrogen-bond acceptors (Lipinski definition) is 4. The molecular formula is C19H27N3O2S. The number of thiazole rings is 1. The molecule has 0 unspecified atom stereocenters. The van der Waals surface area contributed by atoms with Crippen LogP contribution in [0.4, 0.5) is 5.13 Å². The highest BCUT2D eigenvalue weighted by atomic mass is 32.1. The van der Waals surface area contributed by atoms with E-state index in [1.807, 2.05) is 19.2 Å². The fourth-order valence-corrected chi connectivity index (χ4v) is 3.92.